The number of hydrogen-bond acceptors (Lipinski definition) is 5. The first-order valence-electron chi connectivity index (χ1n) is 9.06. The number of ether oxygens (including phenoxy) is 1. The van der Waals surface area contributed by atoms with Crippen LogP contribution in [0.3, 0.4) is 0 Å². The standard InChI is InChI=1S/C19H21ClN4O4/c1-12(18(26)23-19(27)21-13-6-2-3-7-13)28-16(25)10-9-14-17(20)22-15-8-4-5-11-24(14)15/h4-5,8-13H,2-3,6-7H2,1H3,(H2,21,23,26,27)/b10-9+/t12-/m0/s1. The summed E-state index contributed by atoms with van der Waals surface area (Å²) in [5, 5.41) is 5.16. The van der Waals surface area contributed by atoms with Crippen molar-refractivity contribution in [2.24, 2.45) is 0 Å². The SMILES string of the molecule is C[C@H](OC(=O)/C=C/c1c(Cl)nc2ccccn12)C(=O)NC(=O)NC1CCCC1. The molecular formula is C19H21ClN4O4. The maximum absolute atomic E-state index is 12.0. The van der Waals surface area contributed by atoms with E-state index in [9.17, 15) is 14.4 Å². The van der Waals surface area contributed by atoms with E-state index in [0.717, 1.165) is 31.8 Å². The van der Waals surface area contributed by atoms with Gasteiger partial charge in [0.25, 0.3) is 5.91 Å². The predicted octanol–water partition coefficient (Wildman–Crippen LogP) is 2.70. The molecule has 3 amide bonds. The Balaban J connectivity index is 1.53. The molecular weight excluding hydrogens is 384 g/mol. The van der Waals surface area contributed by atoms with Gasteiger partial charge in [-0.2, -0.15) is 0 Å². The average Bonchev–Trinajstić information content (AvgIpc) is 3.26. The van der Waals surface area contributed by atoms with Gasteiger partial charge in [-0.05, 0) is 38.0 Å². The molecule has 1 fully saturated rings. The van der Waals surface area contributed by atoms with Crippen molar-refractivity contribution in [2.45, 2.75) is 44.8 Å². The molecule has 0 saturated heterocycles. The number of esters is 1. The molecule has 0 aliphatic heterocycles. The van der Waals surface area contributed by atoms with Crippen LogP contribution in [0.25, 0.3) is 11.7 Å². The number of fused-ring (bicyclic) bond motifs is 1. The van der Waals surface area contributed by atoms with Gasteiger partial charge in [0.15, 0.2) is 11.3 Å². The van der Waals surface area contributed by atoms with Gasteiger partial charge in [0.1, 0.15) is 5.65 Å². The van der Waals surface area contributed by atoms with Gasteiger partial charge >= 0.3 is 12.0 Å². The van der Waals surface area contributed by atoms with Crippen molar-refractivity contribution in [3.63, 3.8) is 0 Å². The highest BCUT2D eigenvalue weighted by atomic mass is 35.5. The van der Waals surface area contributed by atoms with Gasteiger partial charge < -0.3 is 10.1 Å². The zero-order chi connectivity index (χ0) is 20.1. The van der Waals surface area contributed by atoms with Crippen LogP contribution in [0.2, 0.25) is 5.15 Å². The van der Waals surface area contributed by atoms with Crippen LogP contribution in [0.1, 0.15) is 38.3 Å². The van der Waals surface area contributed by atoms with Crippen molar-refractivity contribution in [3.05, 3.63) is 41.3 Å². The Hall–Kier alpha value is -2.87. The Kier molecular flexibility index (Phi) is 6.30. The molecule has 0 spiro atoms. The molecule has 1 aliphatic carbocycles. The lowest BCUT2D eigenvalue weighted by Crippen LogP contribution is -2.47. The van der Waals surface area contributed by atoms with Crippen LogP contribution in [-0.2, 0) is 14.3 Å². The fraction of sp³-hybridized carbons (Fsp3) is 0.368. The van der Waals surface area contributed by atoms with Gasteiger partial charge in [-0.3, -0.25) is 14.5 Å². The zero-order valence-corrected chi connectivity index (χ0v) is 16.1. The van der Waals surface area contributed by atoms with Crippen LogP contribution in [0, 0.1) is 0 Å². The predicted molar refractivity (Wildman–Crippen MR) is 104 cm³/mol. The van der Waals surface area contributed by atoms with Crippen molar-refractivity contribution < 1.29 is 19.1 Å². The minimum atomic E-state index is -1.12. The molecule has 2 aromatic heterocycles. The third-order valence-electron chi connectivity index (χ3n) is 4.49. The summed E-state index contributed by atoms with van der Waals surface area (Å²) in [7, 11) is 0. The van der Waals surface area contributed by atoms with Crippen molar-refractivity contribution in [1.82, 2.24) is 20.0 Å². The molecule has 1 saturated carbocycles. The van der Waals surface area contributed by atoms with Gasteiger partial charge in [-0.15, -0.1) is 0 Å². The van der Waals surface area contributed by atoms with Gasteiger partial charge in [0.05, 0.1) is 5.69 Å². The Labute approximate surface area is 166 Å². The minimum Gasteiger partial charge on any atom is -0.449 e. The molecule has 2 aromatic rings. The van der Waals surface area contributed by atoms with E-state index in [2.05, 4.69) is 15.6 Å². The molecule has 2 N–H and O–H groups in total. The van der Waals surface area contributed by atoms with E-state index in [1.54, 1.807) is 16.7 Å². The molecule has 148 valence electrons. The molecule has 3 rings (SSSR count). The third kappa shape index (κ3) is 4.89. The number of carbonyl (C=O) groups excluding carboxylic acids is 3. The Morgan fingerprint density at radius 2 is 2.07 bits per heavy atom. The fourth-order valence-electron chi connectivity index (χ4n) is 3.05. The normalized spacial score (nSPS) is 15.6. The summed E-state index contributed by atoms with van der Waals surface area (Å²) < 4.78 is 6.76. The van der Waals surface area contributed by atoms with Crippen LogP contribution in [0.5, 0.6) is 0 Å². The molecule has 9 heteroatoms. The lowest BCUT2D eigenvalue weighted by molar-refractivity contribution is -0.149. The maximum Gasteiger partial charge on any atom is 0.331 e. The molecule has 28 heavy (non-hydrogen) atoms. The lowest BCUT2D eigenvalue weighted by Gasteiger charge is -2.15. The van der Waals surface area contributed by atoms with Crippen LogP contribution < -0.4 is 10.6 Å². The molecule has 0 radical (unpaired) electrons. The summed E-state index contributed by atoms with van der Waals surface area (Å²) in [4.78, 5) is 40.0. The summed E-state index contributed by atoms with van der Waals surface area (Å²) in [6.07, 6.45) is 7.20. The van der Waals surface area contributed by atoms with E-state index in [1.165, 1.54) is 13.0 Å². The highest BCUT2D eigenvalue weighted by Crippen LogP contribution is 2.19. The van der Waals surface area contributed by atoms with Gasteiger partial charge in [-0.1, -0.05) is 30.5 Å². The lowest BCUT2D eigenvalue weighted by atomic mass is 10.2. The summed E-state index contributed by atoms with van der Waals surface area (Å²) in [6, 6.07) is 4.93. The topological polar surface area (TPSA) is 102 Å². The van der Waals surface area contributed by atoms with Gasteiger partial charge in [0.2, 0.25) is 0 Å². The first-order valence-corrected chi connectivity index (χ1v) is 9.44. The molecule has 8 nitrogen and oxygen atoms in total. The van der Waals surface area contributed by atoms with Gasteiger partial charge in [0, 0.05) is 18.3 Å². The van der Waals surface area contributed by atoms with Crippen molar-refractivity contribution in [2.75, 3.05) is 0 Å². The summed E-state index contributed by atoms with van der Waals surface area (Å²) in [5.41, 5.74) is 1.16. The highest BCUT2D eigenvalue weighted by molar-refractivity contribution is 6.31. The number of amides is 3. The quantitative estimate of drug-likeness (QED) is 0.589. The van der Waals surface area contributed by atoms with Crippen molar-refractivity contribution in [3.8, 4) is 0 Å². The zero-order valence-electron chi connectivity index (χ0n) is 15.4. The van der Waals surface area contributed by atoms with E-state index in [0.29, 0.717) is 11.3 Å². The number of imidazole rings is 1. The Morgan fingerprint density at radius 1 is 1.32 bits per heavy atom. The van der Waals surface area contributed by atoms with E-state index in [1.807, 2.05) is 12.1 Å². The second-order valence-electron chi connectivity index (χ2n) is 6.57. The van der Waals surface area contributed by atoms with Crippen LogP contribution in [0.4, 0.5) is 4.79 Å². The first kappa shape index (κ1) is 19.9. The molecule has 0 bridgehead atoms. The van der Waals surface area contributed by atoms with Crippen LogP contribution >= 0.6 is 11.6 Å². The van der Waals surface area contributed by atoms with E-state index < -0.39 is 24.0 Å². The number of rotatable bonds is 5. The van der Waals surface area contributed by atoms with E-state index >= 15 is 0 Å². The fourth-order valence-corrected chi connectivity index (χ4v) is 3.30. The largest absolute Gasteiger partial charge is 0.449 e. The number of hydrogen-bond donors (Lipinski definition) is 2. The number of pyridine rings is 1. The first-order chi connectivity index (χ1) is 13.4. The van der Waals surface area contributed by atoms with E-state index in [-0.39, 0.29) is 11.2 Å². The molecule has 1 atom stereocenters. The highest BCUT2D eigenvalue weighted by Gasteiger charge is 2.22. The second kappa shape index (κ2) is 8.88. The molecule has 0 aromatic carbocycles. The number of carbonyl (C=O) groups is 3. The monoisotopic (exact) mass is 404 g/mol. The number of nitrogens with zero attached hydrogens (tertiary/aromatic N) is 2. The number of aromatic nitrogens is 2. The second-order valence-corrected chi connectivity index (χ2v) is 6.93. The number of urea groups is 1. The minimum absolute atomic E-state index is 0.0869. The average molecular weight is 405 g/mol. The van der Waals surface area contributed by atoms with Crippen molar-refractivity contribution >= 4 is 41.2 Å². The van der Waals surface area contributed by atoms with Gasteiger partial charge in [-0.25, -0.2) is 14.6 Å². The number of halogens is 1. The Bertz CT molecular complexity index is 918. The molecule has 0 unspecified atom stereocenters. The van der Waals surface area contributed by atoms with Crippen LogP contribution in [0.15, 0.2) is 30.5 Å². The number of nitrogens with one attached hydrogen (secondary N) is 2. The smallest absolute Gasteiger partial charge is 0.331 e. The summed E-state index contributed by atoms with van der Waals surface area (Å²) in [5.74, 6) is -1.43. The number of imide groups is 1. The maximum atomic E-state index is 12.0. The van der Waals surface area contributed by atoms with Crippen molar-refractivity contribution in [1.29, 1.82) is 0 Å². The summed E-state index contributed by atoms with van der Waals surface area (Å²) >= 11 is 6.09. The van der Waals surface area contributed by atoms with Crippen LogP contribution in [-0.4, -0.2) is 39.4 Å². The molecule has 1 aliphatic rings. The summed E-state index contributed by atoms with van der Waals surface area (Å²) in [6.45, 7) is 1.39. The third-order valence-corrected chi connectivity index (χ3v) is 4.77. The Morgan fingerprint density at radius 3 is 2.82 bits per heavy atom. The molecule has 2 heterocycles. The van der Waals surface area contributed by atoms with E-state index in [4.69, 9.17) is 16.3 Å².